The van der Waals surface area contributed by atoms with Gasteiger partial charge >= 0.3 is 0 Å². The second-order valence-corrected chi connectivity index (χ2v) is 8.33. The summed E-state index contributed by atoms with van der Waals surface area (Å²) in [4.78, 5) is 0.0505. The Hall–Kier alpha value is -0.140. The lowest BCUT2D eigenvalue weighted by molar-refractivity contribution is -0.0645. The maximum Gasteiger partial charge on any atom is 0.242 e. The highest BCUT2D eigenvalue weighted by molar-refractivity contribution is 9.10. The van der Waals surface area contributed by atoms with Gasteiger partial charge in [-0.15, -0.1) is 0 Å². The molecule has 0 spiro atoms. The van der Waals surface area contributed by atoms with Gasteiger partial charge in [0.15, 0.2) is 0 Å². The maximum atomic E-state index is 12.3. The van der Waals surface area contributed by atoms with Crippen molar-refractivity contribution in [2.75, 3.05) is 0 Å². The van der Waals surface area contributed by atoms with Gasteiger partial charge in [-0.25, -0.2) is 13.1 Å². The van der Waals surface area contributed by atoms with Crippen LogP contribution in [-0.4, -0.2) is 25.7 Å². The number of benzene rings is 1. The predicted octanol–water partition coefficient (Wildman–Crippen LogP) is 2.54. The lowest BCUT2D eigenvalue weighted by Crippen LogP contribution is -2.61. The zero-order valence-corrected chi connectivity index (χ0v) is 13.7. The Kier molecular flexibility index (Phi) is 4.02. The van der Waals surface area contributed by atoms with Crippen molar-refractivity contribution in [2.45, 2.75) is 37.3 Å². The summed E-state index contributed by atoms with van der Waals surface area (Å²) in [7, 11) is -3.68. The van der Waals surface area contributed by atoms with Crippen molar-refractivity contribution in [3.63, 3.8) is 0 Å². The van der Waals surface area contributed by atoms with Crippen molar-refractivity contribution in [2.24, 2.45) is 5.41 Å². The number of aliphatic hydroxyl groups excluding tert-OH is 1. The van der Waals surface area contributed by atoms with Crippen molar-refractivity contribution in [1.29, 1.82) is 0 Å². The number of aliphatic hydroxyl groups is 1. The fourth-order valence-electron chi connectivity index (χ4n) is 2.05. The van der Waals surface area contributed by atoms with E-state index in [-0.39, 0.29) is 16.0 Å². The van der Waals surface area contributed by atoms with E-state index >= 15 is 0 Å². The molecule has 1 aliphatic carbocycles. The average Bonchev–Trinajstić information content (AvgIpc) is 2.27. The molecule has 19 heavy (non-hydrogen) atoms. The fourth-order valence-corrected chi connectivity index (χ4v) is 4.49. The van der Waals surface area contributed by atoms with Crippen molar-refractivity contribution in [3.05, 3.63) is 27.7 Å². The highest BCUT2D eigenvalue weighted by Gasteiger charge is 2.49. The summed E-state index contributed by atoms with van der Waals surface area (Å²) in [6, 6.07) is 4.33. The number of rotatable bonds is 3. The van der Waals surface area contributed by atoms with E-state index < -0.39 is 21.5 Å². The monoisotopic (exact) mass is 367 g/mol. The molecular formula is C12H15BrClNO3S. The van der Waals surface area contributed by atoms with Crippen LogP contribution in [0.25, 0.3) is 0 Å². The van der Waals surface area contributed by atoms with E-state index in [9.17, 15) is 13.5 Å². The maximum absolute atomic E-state index is 12.3. The first-order valence-electron chi connectivity index (χ1n) is 5.80. The molecule has 7 heteroatoms. The molecule has 1 aromatic carbocycles. The number of hydrogen-bond donors (Lipinski definition) is 2. The normalized spacial score (nSPS) is 25.9. The minimum Gasteiger partial charge on any atom is -0.392 e. The molecule has 1 aliphatic rings. The Bertz CT molecular complexity index is 603. The Morgan fingerprint density at radius 2 is 2.11 bits per heavy atom. The largest absolute Gasteiger partial charge is 0.392 e. The van der Waals surface area contributed by atoms with Gasteiger partial charge in [0.25, 0.3) is 0 Å². The van der Waals surface area contributed by atoms with Crippen molar-refractivity contribution < 1.29 is 13.5 Å². The van der Waals surface area contributed by atoms with Gasteiger partial charge in [-0.3, -0.25) is 0 Å². The molecule has 0 saturated heterocycles. The van der Waals surface area contributed by atoms with Crippen LogP contribution in [0.3, 0.4) is 0 Å². The van der Waals surface area contributed by atoms with Gasteiger partial charge in [0.1, 0.15) is 4.90 Å². The summed E-state index contributed by atoms with van der Waals surface area (Å²) in [5.41, 5.74) is -0.463. The molecule has 2 N–H and O–H groups in total. The van der Waals surface area contributed by atoms with Crippen LogP contribution in [0.5, 0.6) is 0 Å². The Balaban J connectivity index is 2.25. The standard InChI is InChI=1S/C12H15BrClNO3S/c1-12(2)10(6-11(12)16)15-19(17,18)9-4-3-7(13)5-8(9)14/h3-5,10-11,15-16H,6H2,1-2H3. The molecule has 0 aromatic heterocycles. The lowest BCUT2D eigenvalue weighted by Gasteiger charge is -2.49. The summed E-state index contributed by atoms with van der Waals surface area (Å²) in [6.07, 6.45) is -0.0685. The van der Waals surface area contributed by atoms with E-state index in [0.29, 0.717) is 6.42 Å². The van der Waals surface area contributed by atoms with Crippen molar-refractivity contribution in [1.82, 2.24) is 4.72 Å². The molecule has 1 aromatic rings. The van der Waals surface area contributed by atoms with E-state index in [1.165, 1.54) is 12.1 Å². The van der Waals surface area contributed by atoms with E-state index in [1.54, 1.807) is 6.07 Å². The molecule has 106 valence electrons. The lowest BCUT2D eigenvalue weighted by atomic mass is 9.65. The van der Waals surface area contributed by atoms with E-state index in [0.717, 1.165) is 4.47 Å². The predicted molar refractivity (Wildman–Crippen MR) is 77.7 cm³/mol. The molecule has 0 bridgehead atoms. The molecule has 4 nitrogen and oxygen atoms in total. The van der Waals surface area contributed by atoms with Gasteiger partial charge in [-0.2, -0.15) is 0 Å². The molecule has 0 heterocycles. The Labute approximate surface area is 126 Å². The van der Waals surface area contributed by atoms with Crippen LogP contribution in [0.15, 0.2) is 27.6 Å². The third-order valence-electron chi connectivity index (χ3n) is 3.70. The van der Waals surface area contributed by atoms with Crippen molar-refractivity contribution in [3.8, 4) is 0 Å². The molecule has 0 amide bonds. The minimum atomic E-state index is -3.68. The number of halogens is 2. The molecule has 2 rings (SSSR count). The first-order valence-corrected chi connectivity index (χ1v) is 8.45. The van der Waals surface area contributed by atoms with Crippen LogP contribution in [-0.2, 0) is 10.0 Å². The molecular weight excluding hydrogens is 354 g/mol. The highest BCUT2D eigenvalue weighted by Crippen LogP contribution is 2.41. The molecule has 0 radical (unpaired) electrons. The zero-order chi connectivity index (χ0) is 14.4. The van der Waals surface area contributed by atoms with Gasteiger partial charge in [0.05, 0.1) is 11.1 Å². The zero-order valence-electron chi connectivity index (χ0n) is 10.5. The second-order valence-electron chi connectivity index (χ2n) is 5.32. The van der Waals surface area contributed by atoms with Crippen LogP contribution < -0.4 is 4.72 Å². The SMILES string of the molecule is CC1(C)C(O)CC1NS(=O)(=O)c1ccc(Br)cc1Cl. The summed E-state index contributed by atoms with van der Waals surface area (Å²) in [5, 5.41) is 9.80. The summed E-state index contributed by atoms with van der Waals surface area (Å²) >= 11 is 9.19. The minimum absolute atomic E-state index is 0.0505. The van der Waals surface area contributed by atoms with Gasteiger partial charge in [0.2, 0.25) is 10.0 Å². The molecule has 2 unspecified atom stereocenters. The smallest absolute Gasteiger partial charge is 0.242 e. The van der Waals surface area contributed by atoms with Crippen molar-refractivity contribution >= 4 is 37.6 Å². The third-order valence-corrected chi connectivity index (χ3v) is 6.14. The topological polar surface area (TPSA) is 66.4 Å². The summed E-state index contributed by atoms with van der Waals surface area (Å²) in [6.45, 7) is 3.66. The first-order chi connectivity index (χ1) is 8.64. The Morgan fingerprint density at radius 3 is 2.58 bits per heavy atom. The van der Waals surface area contributed by atoms with E-state index in [1.807, 2.05) is 13.8 Å². The second kappa shape index (κ2) is 5.00. The van der Waals surface area contributed by atoms with Gasteiger partial charge in [-0.05, 0) is 24.6 Å². The summed E-state index contributed by atoms with van der Waals surface area (Å²) in [5.74, 6) is 0. The number of nitrogens with one attached hydrogen (secondary N) is 1. The first kappa shape index (κ1) is 15.3. The Morgan fingerprint density at radius 1 is 1.47 bits per heavy atom. The van der Waals surface area contributed by atoms with Gasteiger partial charge in [-0.1, -0.05) is 41.4 Å². The highest BCUT2D eigenvalue weighted by atomic mass is 79.9. The van der Waals surface area contributed by atoms with Gasteiger partial charge < -0.3 is 5.11 Å². The van der Waals surface area contributed by atoms with E-state index in [4.69, 9.17) is 11.6 Å². The molecule has 2 atom stereocenters. The average molecular weight is 369 g/mol. The quantitative estimate of drug-likeness (QED) is 0.861. The molecule has 0 aliphatic heterocycles. The van der Waals surface area contributed by atoms with Crippen LogP contribution in [0.2, 0.25) is 5.02 Å². The number of sulfonamides is 1. The van der Waals surface area contributed by atoms with E-state index in [2.05, 4.69) is 20.7 Å². The number of hydrogen-bond acceptors (Lipinski definition) is 3. The van der Waals surface area contributed by atoms with Gasteiger partial charge in [0, 0.05) is 15.9 Å². The molecule has 1 saturated carbocycles. The van der Waals surface area contributed by atoms with Crippen LogP contribution in [0.4, 0.5) is 0 Å². The van der Waals surface area contributed by atoms with Crippen LogP contribution in [0.1, 0.15) is 20.3 Å². The summed E-state index contributed by atoms with van der Waals surface area (Å²) < 4.78 is 27.9. The van der Waals surface area contributed by atoms with Crippen LogP contribution in [0, 0.1) is 5.41 Å². The molecule has 1 fully saturated rings. The fraction of sp³-hybridized carbons (Fsp3) is 0.500. The third kappa shape index (κ3) is 2.83. The van der Waals surface area contributed by atoms with Crippen LogP contribution >= 0.6 is 27.5 Å².